The van der Waals surface area contributed by atoms with Gasteiger partial charge in [0.2, 0.25) is 5.91 Å². The van der Waals surface area contributed by atoms with Crippen LogP contribution in [0.25, 0.3) is 0 Å². The Kier molecular flexibility index (Phi) is 8.90. The number of nitrogens with two attached hydrogens (primary N) is 1. The van der Waals surface area contributed by atoms with E-state index in [9.17, 15) is 22.8 Å². The van der Waals surface area contributed by atoms with Crippen LogP contribution in [0.3, 0.4) is 0 Å². The van der Waals surface area contributed by atoms with E-state index in [2.05, 4.69) is 5.32 Å². The predicted octanol–water partition coefficient (Wildman–Crippen LogP) is 1.70. The molecule has 0 aromatic rings. The third kappa shape index (κ3) is 7.39. The van der Waals surface area contributed by atoms with Gasteiger partial charge in [-0.2, -0.15) is 13.2 Å². The molecule has 0 radical (unpaired) electrons. The molecule has 5 nitrogen and oxygen atoms in total. The third-order valence-corrected chi connectivity index (χ3v) is 3.77. The van der Waals surface area contributed by atoms with Gasteiger partial charge in [0.05, 0.1) is 6.04 Å². The minimum absolute atomic E-state index is 0. The van der Waals surface area contributed by atoms with Crippen LogP contribution < -0.4 is 11.1 Å². The molecule has 2 amide bonds. The molecule has 0 bridgehead atoms. The summed E-state index contributed by atoms with van der Waals surface area (Å²) in [5.41, 5.74) is 5.75. The maximum atomic E-state index is 12.3. The van der Waals surface area contributed by atoms with Crippen LogP contribution in [-0.2, 0) is 9.59 Å². The van der Waals surface area contributed by atoms with E-state index in [1.54, 1.807) is 0 Å². The number of nitrogens with zero attached hydrogens (tertiary/aromatic N) is 1. The fourth-order valence-corrected chi connectivity index (χ4v) is 2.51. The van der Waals surface area contributed by atoms with Gasteiger partial charge in [0.15, 0.2) is 0 Å². The lowest BCUT2D eigenvalue weighted by molar-refractivity contribution is -0.186. The van der Waals surface area contributed by atoms with Gasteiger partial charge in [-0.05, 0) is 31.1 Å². The average molecular weight is 360 g/mol. The van der Waals surface area contributed by atoms with Crippen LogP contribution in [0, 0.1) is 11.8 Å². The number of amides is 2. The van der Waals surface area contributed by atoms with Crippen molar-refractivity contribution in [1.82, 2.24) is 10.2 Å². The average Bonchev–Trinajstić information content (AvgIpc) is 2.42. The summed E-state index contributed by atoms with van der Waals surface area (Å²) in [5.74, 6) is -1.62. The molecule has 1 saturated heterocycles. The van der Waals surface area contributed by atoms with E-state index in [1.807, 2.05) is 13.8 Å². The Morgan fingerprint density at radius 3 is 2.22 bits per heavy atom. The van der Waals surface area contributed by atoms with Crippen LogP contribution in [0.2, 0.25) is 0 Å². The second-order valence-electron chi connectivity index (χ2n) is 6.21. The highest BCUT2D eigenvalue weighted by atomic mass is 35.5. The summed E-state index contributed by atoms with van der Waals surface area (Å²) in [6, 6.07) is -0.563. The van der Waals surface area contributed by atoms with E-state index in [4.69, 9.17) is 5.73 Å². The van der Waals surface area contributed by atoms with Crippen LogP contribution in [0.15, 0.2) is 0 Å². The fourth-order valence-electron chi connectivity index (χ4n) is 2.51. The first-order valence-corrected chi connectivity index (χ1v) is 7.50. The second kappa shape index (κ2) is 9.32. The SMILES string of the molecule is CC(C)C[C@H](N)C(=O)NCC1CCN(C(=O)C(F)(F)F)CC1.Cl. The fraction of sp³-hybridized carbons (Fsp3) is 0.857. The first-order valence-electron chi connectivity index (χ1n) is 7.50. The monoisotopic (exact) mass is 359 g/mol. The third-order valence-electron chi connectivity index (χ3n) is 3.77. The first-order chi connectivity index (χ1) is 10.1. The summed E-state index contributed by atoms with van der Waals surface area (Å²) in [7, 11) is 0. The standard InChI is InChI=1S/C14H24F3N3O2.ClH/c1-9(2)7-11(18)12(21)19-8-10-3-5-20(6-4-10)13(22)14(15,16)17;/h9-11H,3-8,18H2,1-2H3,(H,19,21);1H/t11-;/m0./s1. The molecular weight excluding hydrogens is 335 g/mol. The van der Waals surface area contributed by atoms with Crippen LogP contribution in [-0.4, -0.2) is 48.6 Å². The molecule has 0 spiro atoms. The van der Waals surface area contributed by atoms with E-state index in [0.29, 0.717) is 31.7 Å². The highest BCUT2D eigenvalue weighted by molar-refractivity contribution is 5.85. The Labute approximate surface area is 140 Å². The smallest absolute Gasteiger partial charge is 0.354 e. The number of carbonyl (C=O) groups is 2. The maximum absolute atomic E-state index is 12.3. The Hall–Kier alpha value is -1.02. The number of piperidine rings is 1. The molecule has 0 aromatic carbocycles. The summed E-state index contributed by atoms with van der Waals surface area (Å²) in [5, 5.41) is 2.74. The molecule has 9 heteroatoms. The quantitative estimate of drug-likeness (QED) is 0.784. The largest absolute Gasteiger partial charge is 0.471 e. The lowest BCUT2D eigenvalue weighted by Gasteiger charge is -2.32. The van der Waals surface area contributed by atoms with Gasteiger partial charge in [0.1, 0.15) is 0 Å². The minimum atomic E-state index is -4.81. The number of hydrogen-bond acceptors (Lipinski definition) is 3. The zero-order chi connectivity index (χ0) is 16.9. The molecule has 3 N–H and O–H groups in total. The normalized spacial score (nSPS) is 17.6. The molecule has 1 aliphatic heterocycles. The molecule has 1 atom stereocenters. The summed E-state index contributed by atoms with van der Waals surface area (Å²) < 4.78 is 36.9. The highest BCUT2D eigenvalue weighted by Gasteiger charge is 2.43. The predicted molar refractivity (Wildman–Crippen MR) is 83.0 cm³/mol. The summed E-state index contributed by atoms with van der Waals surface area (Å²) in [6.07, 6.45) is -3.34. The summed E-state index contributed by atoms with van der Waals surface area (Å²) >= 11 is 0. The topological polar surface area (TPSA) is 75.4 Å². The number of nitrogens with one attached hydrogen (secondary N) is 1. The number of likely N-dealkylation sites (tertiary alicyclic amines) is 1. The molecule has 1 rings (SSSR count). The second-order valence-corrected chi connectivity index (χ2v) is 6.21. The van der Waals surface area contributed by atoms with Crippen molar-refractivity contribution in [1.29, 1.82) is 0 Å². The zero-order valence-electron chi connectivity index (χ0n) is 13.4. The molecule has 1 fully saturated rings. The van der Waals surface area contributed by atoms with Crippen molar-refractivity contribution in [2.75, 3.05) is 19.6 Å². The number of alkyl halides is 3. The molecular formula is C14H25ClF3N3O2. The van der Waals surface area contributed by atoms with Gasteiger partial charge in [-0.15, -0.1) is 12.4 Å². The van der Waals surface area contributed by atoms with E-state index in [1.165, 1.54) is 0 Å². The van der Waals surface area contributed by atoms with Gasteiger partial charge < -0.3 is 16.0 Å². The van der Waals surface area contributed by atoms with Crippen molar-refractivity contribution >= 4 is 24.2 Å². The maximum Gasteiger partial charge on any atom is 0.471 e. The summed E-state index contributed by atoms with van der Waals surface area (Å²) in [6.45, 7) is 4.47. The molecule has 0 saturated carbocycles. The number of rotatable bonds is 5. The van der Waals surface area contributed by atoms with Crippen molar-refractivity contribution in [2.45, 2.75) is 45.3 Å². The van der Waals surface area contributed by atoms with E-state index in [0.717, 1.165) is 4.90 Å². The number of carbonyl (C=O) groups excluding carboxylic acids is 2. The highest BCUT2D eigenvalue weighted by Crippen LogP contribution is 2.23. The molecule has 0 aromatic heterocycles. The lowest BCUT2D eigenvalue weighted by Crippen LogP contribution is -2.48. The molecule has 23 heavy (non-hydrogen) atoms. The first kappa shape index (κ1) is 22.0. The zero-order valence-corrected chi connectivity index (χ0v) is 14.2. The van der Waals surface area contributed by atoms with Crippen LogP contribution in [0.5, 0.6) is 0 Å². The number of halogens is 4. The van der Waals surface area contributed by atoms with Crippen molar-refractivity contribution < 1.29 is 22.8 Å². The van der Waals surface area contributed by atoms with Crippen molar-refractivity contribution in [3.05, 3.63) is 0 Å². The Balaban J connectivity index is 0.00000484. The molecule has 1 aliphatic rings. The number of hydrogen-bond donors (Lipinski definition) is 2. The Bertz CT molecular complexity index is 397. The van der Waals surface area contributed by atoms with Gasteiger partial charge >= 0.3 is 12.1 Å². The van der Waals surface area contributed by atoms with Crippen molar-refractivity contribution in [2.24, 2.45) is 17.6 Å². The Morgan fingerprint density at radius 2 is 1.78 bits per heavy atom. The lowest BCUT2D eigenvalue weighted by atomic mass is 9.96. The van der Waals surface area contributed by atoms with E-state index in [-0.39, 0.29) is 37.3 Å². The molecule has 0 aliphatic carbocycles. The molecule has 0 unspecified atom stereocenters. The Morgan fingerprint density at radius 1 is 1.26 bits per heavy atom. The summed E-state index contributed by atoms with van der Waals surface area (Å²) in [4.78, 5) is 23.7. The van der Waals surface area contributed by atoms with Gasteiger partial charge in [-0.25, -0.2) is 0 Å². The van der Waals surface area contributed by atoms with Gasteiger partial charge in [0.25, 0.3) is 0 Å². The molecule has 136 valence electrons. The van der Waals surface area contributed by atoms with Crippen molar-refractivity contribution in [3.8, 4) is 0 Å². The minimum Gasteiger partial charge on any atom is -0.354 e. The van der Waals surface area contributed by atoms with Crippen LogP contribution >= 0.6 is 12.4 Å². The van der Waals surface area contributed by atoms with E-state index < -0.39 is 18.1 Å². The van der Waals surface area contributed by atoms with Crippen LogP contribution in [0.1, 0.15) is 33.1 Å². The van der Waals surface area contributed by atoms with Crippen LogP contribution in [0.4, 0.5) is 13.2 Å². The van der Waals surface area contributed by atoms with E-state index >= 15 is 0 Å². The van der Waals surface area contributed by atoms with Crippen molar-refractivity contribution in [3.63, 3.8) is 0 Å². The van der Waals surface area contributed by atoms with Gasteiger partial charge in [0, 0.05) is 19.6 Å². The molecule has 1 heterocycles. The van der Waals surface area contributed by atoms with Gasteiger partial charge in [-0.3, -0.25) is 9.59 Å². The van der Waals surface area contributed by atoms with Gasteiger partial charge in [-0.1, -0.05) is 13.8 Å².